The molecule has 7 nitrogen and oxygen atoms in total. The van der Waals surface area contributed by atoms with Crippen molar-refractivity contribution in [2.45, 2.75) is 26.7 Å². The Hall–Kier alpha value is -3.37. The average Bonchev–Trinajstić information content (AvgIpc) is 2.69. The van der Waals surface area contributed by atoms with Crippen LogP contribution in [0.25, 0.3) is 0 Å². The minimum absolute atomic E-state index is 0.000969. The zero-order valence-electron chi connectivity index (χ0n) is 15.5. The van der Waals surface area contributed by atoms with E-state index in [0.717, 1.165) is 24.0 Å². The van der Waals surface area contributed by atoms with Crippen LogP contribution in [0.2, 0.25) is 5.02 Å². The fourth-order valence-corrected chi connectivity index (χ4v) is 2.82. The fourth-order valence-electron chi connectivity index (χ4n) is 2.63. The van der Waals surface area contributed by atoms with Gasteiger partial charge in [0.2, 0.25) is 0 Å². The molecule has 0 aliphatic rings. The molecule has 0 aliphatic heterocycles. The van der Waals surface area contributed by atoms with Crippen molar-refractivity contribution in [3.8, 4) is 6.07 Å². The highest BCUT2D eigenvalue weighted by atomic mass is 35.5. The second-order valence-electron chi connectivity index (χ2n) is 5.85. The van der Waals surface area contributed by atoms with Crippen LogP contribution in [0.4, 0.5) is 17.1 Å². The highest BCUT2D eigenvalue weighted by molar-refractivity contribution is 6.32. The minimum Gasteiger partial charge on any atom is -0.360 e. The maximum absolute atomic E-state index is 12.6. The monoisotopic (exact) mass is 398 g/mol. The van der Waals surface area contributed by atoms with Gasteiger partial charge >= 0.3 is 0 Å². The van der Waals surface area contributed by atoms with Crippen molar-refractivity contribution in [3.05, 3.63) is 74.4 Å². The Labute approximate surface area is 167 Å². The number of nitriles is 1. The van der Waals surface area contributed by atoms with E-state index in [2.05, 4.69) is 10.6 Å². The van der Waals surface area contributed by atoms with Gasteiger partial charge in [0, 0.05) is 23.6 Å². The number of benzene rings is 2. The van der Waals surface area contributed by atoms with Gasteiger partial charge in [-0.1, -0.05) is 43.6 Å². The van der Waals surface area contributed by atoms with E-state index in [1.807, 2.05) is 38.1 Å². The van der Waals surface area contributed by atoms with E-state index < -0.39 is 10.8 Å². The molecule has 0 radical (unpaired) electrons. The lowest BCUT2D eigenvalue weighted by molar-refractivity contribution is -0.384. The first-order chi connectivity index (χ1) is 13.4. The van der Waals surface area contributed by atoms with Crippen molar-refractivity contribution < 1.29 is 9.72 Å². The molecule has 0 aliphatic carbocycles. The van der Waals surface area contributed by atoms with E-state index in [1.165, 1.54) is 24.4 Å². The van der Waals surface area contributed by atoms with Crippen LogP contribution in [0.1, 0.15) is 25.0 Å². The molecule has 8 heteroatoms. The van der Waals surface area contributed by atoms with Crippen LogP contribution in [0.15, 0.2) is 48.2 Å². The summed E-state index contributed by atoms with van der Waals surface area (Å²) in [5.41, 5.74) is 2.57. The molecule has 0 saturated heterocycles. The molecule has 0 saturated carbocycles. The van der Waals surface area contributed by atoms with Gasteiger partial charge in [0.15, 0.2) is 0 Å². The number of hydrogen-bond acceptors (Lipinski definition) is 5. The van der Waals surface area contributed by atoms with Gasteiger partial charge in [0.05, 0.1) is 4.92 Å². The SMILES string of the molecule is CCc1cccc(CC)c1NC(=O)/C(C#N)=C\Nc1ccc(Cl)c([N+](=O)[O-])c1. The van der Waals surface area contributed by atoms with Crippen molar-refractivity contribution in [3.63, 3.8) is 0 Å². The molecule has 2 aromatic carbocycles. The number of carbonyl (C=O) groups is 1. The number of nitrogens with zero attached hydrogens (tertiary/aromatic N) is 2. The molecule has 0 bridgehead atoms. The van der Waals surface area contributed by atoms with Crippen molar-refractivity contribution in [1.29, 1.82) is 5.26 Å². The first-order valence-electron chi connectivity index (χ1n) is 8.64. The molecule has 2 N–H and O–H groups in total. The summed E-state index contributed by atoms with van der Waals surface area (Å²) in [4.78, 5) is 22.9. The van der Waals surface area contributed by atoms with Gasteiger partial charge in [-0.25, -0.2) is 0 Å². The molecule has 1 amide bonds. The summed E-state index contributed by atoms with van der Waals surface area (Å²) in [7, 11) is 0. The summed E-state index contributed by atoms with van der Waals surface area (Å²) < 4.78 is 0. The van der Waals surface area contributed by atoms with Crippen molar-refractivity contribution >= 4 is 34.6 Å². The zero-order chi connectivity index (χ0) is 20.7. The summed E-state index contributed by atoms with van der Waals surface area (Å²) in [5, 5.41) is 25.8. The maximum Gasteiger partial charge on any atom is 0.289 e. The van der Waals surface area contributed by atoms with Crippen LogP contribution >= 0.6 is 11.6 Å². The van der Waals surface area contributed by atoms with Crippen molar-refractivity contribution in [2.75, 3.05) is 10.6 Å². The average molecular weight is 399 g/mol. The van der Waals surface area contributed by atoms with Gasteiger partial charge in [0.1, 0.15) is 16.7 Å². The van der Waals surface area contributed by atoms with E-state index in [1.54, 1.807) is 0 Å². The molecular weight excluding hydrogens is 380 g/mol. The number of rotatable bonds is 7. The molecule has 0 fully saturated rings. The number of anilines is 2. The zero-order valence-corrected chi connectivity index (χ0v) is 16.2. The Kier molecular flexibility index (Phi) is 7.13. The summed E-state index contributed by atoms with van der Waals surface area (Å²) in [6, 6.07) is 11.7. The van der Waals surface area contributed by atoms with E-state index in [4.69, 9.17) is 11.6 Å². The molecule has 28 heavy (non-hydrogen) atoms. The van der Waals surface area contributed by atoms with Crippen LogP contribution in [0.5, 0.6) is 0 Å². The van der Waals surface area contributed by atoms with Crippen LogP contribution in [0.3, 0.4) is 0 Å². The fraction of sp³-hybridized carbons (Fsp3) is 0.200. The second kappa shape index (κ2) is 9.53. The highest BCUT2D eigenvalue weighted by Gasteiger charge is 2.15. The van der Waals surface area contributed by atoms with Crippen molar-refractivity contribution in [2.24, 2.45) is 0 Å². The van der Waals surface area contributed by atoms with Crippen LogP contribution in [-0.2, 0) is 17.6 Å². The van der Waals surface area contributed by atoms with Crippen molar-refractivity contribution in [1.82, 2.24) is 0 Å². The van der Waals surface area contributed by atoms with E-state index in [-0.39, 0.29) is 16.3 Å². The maximum atomic E-state index is 12.6. The predicted molar refractivity (Wildman–Crippen MR) is 109 cm³/mol. The second-order valence-corrected chi connectivity index (χ2v) is 6.26. The molecule has 2 rings (SSSR count). The van der Waals surface area contributed by atoms with Gasteiger partial charge < -0.3 is 10.6 Å². The van der Waals surface area contributed by atoms with Gasteiger partial charge in [-0.3, -0.25) is 14.9 Å². The Morgan fingerprint density at radius 1 is 1.25 bits per heavy atom. The highest BCUT2D eigenvalue weighted by Crippen LogP contribution is 2.27. The molecule has 0 spiro atoms. The summed E-state index contributed by atoms with van der Waals surface area (Å²) in [6.07, 6.45) is 2.69. The molecule has 0 atom stereocenters. The first kappa shape index (κ1) is 20.9. The third-order valence-corrected chi connectivity index (χ3v) is 4.45. The normalized spacial score (nSPS) is 10.9. The van der Waals surface area contributed by atoms with Crippen LogP contribution < -0.4 is 10.6 Å². The lowest BCUT2D eigenvalue weighted by atomic mass is 10.0. The topological polar surface area (TPSA) is 108 Å². The smallest absolute Gasteiger partial charge is 0.289 e. The minimum atomic E-state index is -0.608. The molecular formula is C20H19ClN4O3. The molecule has 0 unspecified atom stereocenters. The van der Waals surface area contributed by atoms with E-state index in [0.29, 0.717) is 11.4 Å². The summed E-state index contributed by atoms with van der Waals surface area (Å²) in [5.74, 6) is -0.561. The standard InChI is InChI=1S/C20H19ClN4O3/c1-3-13-6-5-7-14(4-2)19(13)24-20(26)15(11-22)12-23-16-8-9-17(21)18(10-16)25(27)28/h5-10,12,23H,3-4H2,1-2H3,(H,24,26)/b15-12-. The number of halogens is 1. The number of nitro benzene ring substituents is 1. The Morgan fingerprint density at radius 3 is 2.43 bits per heavy atom. The summed E-state index contributed by atoms with van der Waals surface area (Å²) in [6.45, 7) is 3.97. The van der Waals surface area contributed by atoms with Gasteiger partial charge in [0.25, 0.3) is 11.6 Å². The van der Waals surface area contributed by atoms with Crippen LogP contribution in [0, 0.1) is 21.4 Å². The number of hydrogen-bond donors (Lipinski definition) is 2. The number of amides is 1. The van der Waals surface area contributed by atoms with Gasteiger partial charge in [-0.2, -0.15) is 5.26 Å². The number of aryl methyl sites for hydroxylation is 2. The number of carbonyl (C=O) groups excluding carboxylic acids is 1. The van der Waals surface area contributed by atoms with E-state index in [9.17, 15) is 20.2 Å². The first-order valence-corrected chi connectivity index (χ1v) is 9.01. The third kappa shape index (κ3) is 4.87. The predicted octanol–water partition coefficient (Wildman–Crippen LogP) is 4.83. The summed E-state index contributed by atoms with van der Waals surface area (Å²) >= 11 is 5.78. The van der Waals surface area contributed by atoms with Gasteiger partial charge in [-0.15, -0.1) is 0 Å². The number of nitrogens with one attached hydrogen (secondary N) is 2. The Bertz CT molecular complexity index is 958. The molecule has 0 heterocycles. The lowest BCUT2D eigenvalue weighted by Crippen LogP contribution is -2.17. The Balaban J connectivity index is 2.24. The van der Waals surface area contributed by atoms with E-state index >= 15 is 0 Å². The largest absolute Gasteiger partial charge is 0.360 e. The lowest BCUT2D eigenvalue weighted by Gasteiger charge is -2.14. The molecule has 0 aromatic heterocycles. The Morgan fingerprint density at radius 2 is 1.89 bits per heavy atom. The molecule has 2 aromatic rings. The quantitative estimate of drug-likeness (QED) is 0.300. The number of nitro groups is 1. The number of para-hydroxylation sites is 1. The van der Waals surface area contributed by atoms with Crippen LogP contribution in [-0.4, -0.2) is 10.8 Å². The molecule has 144 valence electrons. The van der Waals surface area contributed by atoms with Gasteiger partial charge in [-0.05, 0) is 36.1 Å². The third-order valence-electron chi connectivity index (χ3n) is 4.13.